The Hall–Kier alpha value is -1.26. The normalized spacial score (nSPS) is 26.7. The third-order valence-corrected chi connectivity index (χ3v) is 12.0. The predicted molar refractivity (Wildman–Crippen MR) is 238 cm³/mol. The van der Waals surface area contributed by atoms with Crippen LogP contribution in [-0.2, 0) is 42.1 Å². The molecule has 6 fully saturated rings. The van der Waals surface area contributed by atoms with Gasteiger partial charge in [-0.15, -0.1) is 25.8 Å². The first-order chi connectivity index (χ1) is 27.9. The monoisotopic (exact) mass is 1150 g/mol. The van der Waals surface area contributed by atoms with Gasteiger partial charge in [-0.1, -0.05) is 133 Å². The van der Waals surface area contributed by atoms with Gasteiger partial charge in [0.1, 0.15) is 0 Å². The van der Waals surface area contributed by atoms with Crippen LogP contribution >= 0.6 is 0 Å². The zero-order valence-corrected chi connectivity index (χ0v) is 40.0. The van der Waals surface area contributed by atoms with E-state index in [1.807, 2.05) is 60.7 Å². The third kappa shape index (κ3) is 20.1. The molecule has 2 aromatic carbocycles. The molecule has 0 radical (unpaired) electrons. The van der Waals surface area contributed by atoms with Crippen molar-refractivity contribution in [2.45, 2.75) is 178 Å². The van der Waals surface area contributed by atoms with E-state index >= 15 is 0 Å². The molecule has 3 aliphatic carbocycles. The minimum Gasteiger partial charge on any atom is -0.660 e. The van der Waals surface area contributed by atoms with Gasteiger partial charge in [0.15, 0.2) is 0 Å². The Morgan fingerprint density at radius 1 is 0.483 bits per heavy atom. The molecule has 0 N–H and O–H groups in total. The molecular formula is C50H74N6Pt2. The third-order valence-electron chi connectivity index (χ3n) is 12.0. The summed E-state index contributed by atoms with van der Waals surface area (Å²) in [6, 6.07) is 26.2. The molecule has 3 atom stereocenters. The first kappa shape index (κ1) is 51.1. The zero-order valence-electron chi connectivity index (χ0n) is 35.5. The van der Waals surface area contributed by atoms with Crippen LogP contribution in [0.2, 0.25) is 0 Å². The molecule has 0 amide bonds. The maximum absolute atomic E-state index is 5.09. The minimum absolute atomic E-state index is 0. The van der Waals surface area contributed by atoms with Crippen LogP contribution in [0.4, 0.5) is 0 Å². The number of allylic oxidation sites excluding steroid dienone is 2. The minimum atomic E-state index is 0. The first-order valence-electron chi connectivity index (χ1n) is 23.0. The Balaban J connectivity index is 0.000000277. The van der Waals surface area contributed by atoms with E-state index in [1.54, 1.807) is 0 Å². The summed E-state index contributed by atoms with van der Waals surface area (Å²) in [5.74, 6) is 1.17. The molecule has 2 aromatic rings. The van der Waals surface area contributed by atoms with Gasteiger partial charge in [-0.25, -0.2) is 0 Å². The molecule has 324 valence electrons. The summed E-state index contributed by atoms with van der Waals surface area (Å²) in [4.78, 5) is 5.38. The Labute approximate surface area is 384 Å². The van der Waals surface area contributed by atoms with Gasteiger partial charge in [0.05, 0.1) is 0 Å². The second-order valence-corrected chi connectivity index (χ2v) is 16.3. The largest absolute Gasteiger partial charge is 4.00 e. The topological polar surface area (TPSA) is 62.9 Å². The number of benzene rings is 2. The van der Waals surface area contributed by atoms with E-state index in [-0.39, 0.29) is 42.1 Å². The van der Waals surface area contributed by atoms with E-state index in [0.29, 0.717) is 30.6 Å². The fourth-order valence-electron chi connectivity index (χ4n) is 8.99. The summed E-state index contributed by atoms with van der Waals surface area (Å²) in [6.45, 7) is 3.91. The molecule has 0 bridgehead atoms. The number of piperidine rings is 3. The quantitative estimate of drug-likeness (QED) is 0.271. The fraction of sp³-hybridized carbons (Fsp3) is 0.640. The van der Waals surface area contributed by atoms with Gasteiger partial charge < -0.3 is 43.9 Å². The summed E-state index contributed by atoms with van der Waals surface area (Å²) in [6.07, 6.45) is 43.1. The van der Waals surface area contributed by atoms with Crippen LogP contribution in [0.5, 0.6) is 0 Å². The number of nitrogens with zero attached hydrogens (tertiary/aromatic N) is 6. The Bertz CT molecular complexity index is 1110. The Kier molecular flexibility index (Phi) is 29.4. The van der Waals surface area contributed by atoms with Gasteiger partial charge in [0, 0.05) is 6.04 Å². The molecular weight excluding hydrogens is 1070 g/mol. The van der Waals surface area contributed by atoms with Crippen molar-refractivity contribution in [1.29, 1.82) is 0 Å². The van der Waals surface area contributed by atoms with E-state index in [1.165, 1.54) is 153 Å². The molecule has 3 saturated heterocycles. The van der Waals surface area contributed by atoms with Crippen LogP contribution in [-0.4, -0.2) is 66.6 Å². The van der Waals surface area contributed by atoms with Crippen molar-refractivity contribution in [3.63, 3.8) is 0 Å². The number of hydrogen-bond donors (Lipinski definition) is 0. The molecule has 7 aliphatic rings. The summed E-state index contributed by atoms with van der Waals surface area (Å²) in [7, 11) is 0. The molecule has 3 unspecified atom stereocenters. The van der Waals surface area contributed by atoms with Crippen LogP contribution in [0.1, 0.15) is 148 Å². The van der Waals surface area contributed by atoms with Gasteiger partial charge in [0.25, 0.3) is 0 Å². The Morgan fingerprint density at radius 2 is 0.931 bits per heavy atom. The number of rotatable bonds is 6. The van der Waals surface area contributed by atoms with Crippen LogP contribution in [0.3, 0.4) is 0 Å². The van der Waals surface area contributed by atoms with E-state index in [0.717, 1.165) is 26.2 Å². The molecule has 8 heteroatoms. The first-order valence-corrected chi connectivity index (χ1v) is 23.0. The molecule has 6 nitrogen and oxygen atoms in total. The Morgan fingerprint density at radius 3 is 1.24 bits per heavy atom. The maximum atomic E-state index is 5.09. The molecule has 4 heterocycles. The summed E-state index contributed by atoms with van der Waals surface area (Å²) < 4.78 is 0. The molecule has 0 spiro atoms. The van der Waals surface area contributed by atoms with Gasteiger partial charge in [-0.05, 0) is 38.3 Å². The average Bonchev–Trinajstić information content (AvgIpc) is 3.32. The van der Waals surface area contributed by atoms with Crippen molar-refractivity contribution >= 4 is 0 Å². The van der Waals surface area contributed by atoms with Crippen LogP contribution < -0.4 is 0 Å². The van der Waals surface area contributed by atoms with E-state index in [4.69, 9.17) is 21.3 Å². The van der Waals surface area contributed by atoms with Crippen molar-refractivity contribution < 1.29 is 42.1 Å². The summed E-state index contributed by atoms with van der Waals surface area (Å²) in [5, 5.41) is 20.1. The predicted octanol–water partition coefficient (Wildman–Crippen LogP) is 13.6. The zero-order chi connectivity index (χ0) is 38.6. The molecule has 4 aliphatic heterocycles. The summed E-state index contributed by atoms with van der Waals surface area (Å²) in [5.41, 5.74) is 0. The van der Waals surface area contributed by atoms with Crippen molar-refractivity contribution in [3.05, 3.63) is 131 Å². The molecule has 3 saturated carbocycles. The fourth-order valence-corrected chi connectivity index (χ4v) is 8.99. The van der Waals surface area contributed by atoms with E-state index in [2.05, 4.69) is 53.0 Å². The van der Waals surface area contributed by atoms with Gasteiger partial charge >= 0.3 is 42.1 Å². The van der Waals surface area contributed by atoms with Crippen molar-refractivity contribution in [2.24, 2.45) is 0 Å². The number of hydrogen-bond acceptors (Lipinski definition) is 2. The SMILES string of the molecule is C1=CC[N-]C(N(C2CCC(N(C3CCCC[N-]3)C3CCCC[N-]3)CC2)C2CCCC[N-]2)=C1.[CH-]1CCCCC1.[CH-]1CCCCC1.[Pt+4].[Pt+4].[c-]1ccccc1.[c-]1ccccc1. The van der Waals surface area contributed by atoms with Gasteiger partial charge in [0.2, 0.25) is 0 Å². The van der Waals surface area contributed by atoms with Gasteiger partial charge in [-0.3, -0.25) is 0 Å². The van der Waals surface area contributed by atoms with E-state index < -0.39 is 0 Å². The van der Waals surface area contributed by atoms with E-state index in [9.17, 15) is 0 Å². The van der Waals surface area contributed by atoms with Crippen molar-refractivity contribution in [2.75, 3.05) is 26.2 Å². The van der Waals surface area contributed by atoms with Gasteiger partial charge in [-0.2, -0.15) is 98.5 Å². The van der Waals surface area contributed by atoms with Crippen LogP contribution in [0.25, 0.3) is 21.3 Å². The van der Waals surface area contributed by atoms with Crippen LogP contribution in [0, 0.1) is 25.0 Å². The molecule has 0 aromatic heterocycles. The molecule has 9 rings (SSSR count). The van der Waals surface area contributed by atoms with Crippen LogP contribution in [0.15, 0.2) is 84.7 Å². The smallest absolute Gasteiger partial charge is 0.660 e. The second-order valence-electron chi connectivity index (χ2n) is 16.3. The van der Waals surface area contributed by atoms with Crippen molar-refractivity contribution in [1.82, 2.24) is 9.80 Å². The second kappa shape index (κ2) is 33.4. The average molecular weight is 1150 g/mol. The maximum Gasteiger partial charge on any atom is 4.00 e. The summed E-state index contributed by atoms with van der Waals surface area (Å²) >= 11 is 0. The standard InChI is InChI=1S/C26H42N6.2C6H11.2C6H5.2Pt/c1-5-17-27-23(9-1)31(24-10-2-6-18-28-24)21-13-15-22(16-14-21)32(25-11-3-7-19-29-25)26-12-4-8-20-30-26;4*1-2-4-6-5-3-1;;/h1,5,9,21-22,24-26H,2-4,6-8,10-20H2;2*1H,2-6H2;2*1-5H;;/q-4;4*-1;2*+4. The van der Waals surface area contributed by atoms with Crippen molar-refractivity contribution in [3.8, 4) is 0 Å². The molecule has 58 heavy (non-hydrogen) atoms.